The number of amides is 1. The molecule has 0 aliphatic carbocycles. The van der Waals surface area contributed by atoms with E-state index in [1.165, 1.54) is 27.4 Å². The number of aryl methyl sites for hydroxylation is 1. The topological polar surface area (TPSA) is 34.0 Å². The molecule has 4 aromatic rings. The van der Waals surface area contributed by atoms with Gasteiger partial charge in [-0.2, -0.15) is 0 Å². The van der Waals surface area contributed by atoms with E-state index in [2.05, 4.69) is 72.3 Å². The summed E-state index contributed by atoms with van der Waals surface area (Å²) in [7, 11) is 0. The average molecular weight is 403 g/mol. The van der Waals surface area contributed by atoms with Gasteiger partial charge < -0.3 is 9.88 Å². The molecule has 29 heavy (non-hydrogen) atoms. The Morgan fingerprint density at radius 1 is 0.931 bits per heavy atom. The zero-order chi connectivity index (χ0) is 20.2. The Bertz CT molecular complexity index is 1130. The Morgan fingerprint density at radius 3 is 2.41 bits per heavy atom. The monoisotopic (exact) mass is 402 g/mol. The number of anilines is 1. The third kappa shape index (κ3) is 4.03. The minimum Gasteiger partial charge on any atom is -0.341 e. The van der Waals surface area contributed by atoms with Gasteiger partial charge in [-0.3, -0.25) is 4.79 Å². The predicted octanol–water partition coefficient (Wildman–Crippen LogP) is 6.46. The molecule has 3 aromatic carbocycles. The fourth-order valence-electron chi connectivity index (χ4n) is 3.84. The van der Waals surface area contributed by atoms with Crippen molar-refractivity contribution < 1.29 is 4.79 Å². The van der Waals surface area contributed by atoms with Crippen LogP contribution in [0.2, 0.25) is 0 Å². The van der Waals surface area contributed by atoms with Crippen LogP contribution in [0.3, 0.4) is 0 Å². The maximum atomic E-state index is 12.9. The molecule has 1 atom stereocenters. The number of hydrogen-bond donors (Lipinski definition) is 1. The van der Waals surface area contributed by atoms with Gasteiger partial charge >= 0.3 is 0 Å². The summed E-state index contributed by atoms with van der Waals surface area (Å²) in [5, 5.41) is 5.49. The number of thioether (sulfide) groups is 1. The van der Waals surface area contributed by atoms with E-state index in [1.807, 2.05) is 24.3 Å². The number of rotatable bonds is 7. The molecule has 1 N–H and O–H groups in total. The van der Waals surface area contributed by atoms with Gasteiger partial charge in [-0.1, -0.05) is 55.5 Å². The Morgan fingerprint density at radius 2 is 1.66 bits per heavy atom. The van der Waals surface area contributed by atoms with Crippen molar-refractivity contribution in [2.75, 3.05) is 5.32 Å². The van der Waals surface area contributed by atoms with Crippen molar-refractivity contribution >= 4 is 45.2 Å². The molecule has 0 saturated carbocycles. The third-order valence-corrected chi connectivity index (χ3v) is 6.76. The lowest BCUT2D eigenvalue weighted by Crippen LogP contribution is -2.24. The highest BCUT2D eigenvalue weighted by Gasteiger charge is 2.18. The summed E-state index contributed by atoms with van der Waals surface area (Å²) in [5.41, 5.74) is 4.55. The first-order valence-corrected chi connectivity index (χ1v) is 11.2. The molecule has 0 radical (unpaired) electrons. The highest BCUT2D eigenvalue weighted by atomic mass is 32.2. The van der Waals surface area contributed by atoms with Gasteiger partial charge in [0, 0.05) is 39.8 Å². The number of carbonyl (C=O) groups excluding carboxylic acids is 1. The number of carbonyl (C=O) groups is 1. The van der Waals surface area contributed by atoms with Crippen molar-refractivity contribution in [1.29, 1.82) is 0 Å². The lowest BCUT2D eigenvalue weighted by atomic mass is 10.1. The molecule has 0 aliphatic rings. The van der Waals surface area contributed by atoms with Crippen molar-refractivity contribution in [3.05, 3.63) is 78.4 Å². The number of benzene rings is 3. The Hall–Kier alpha value is -2.72. The second-order valence-electron chi connectivity index (χ2n) is 7.18. The number of nitrogens with zero attached hydrogens (tertiary/aromatic N) is 1. The number of hydrogen-bond acceptors (Lipinski definition) is 2. The zero-order valence-corrected chi connectivity index (χ0v) is 17.7. The van der Waals surface area contributed by atoms with Gasteiger partial charge in [0.2, 0.25) is 5.91 Å². The number of nitrogens with one attached hydrogen (secondary N) is 1. The molecule has 4 rings (SSSR count). The molecule has 1 unspecified atom stereocenters. The normalized spacial score (nSPS) is 12.3. The summed E-state index contributed by atoms with van der Waals surface area (Å²) in [6.45, 7) is 5.15. The van der Waals surface area contributed by atoms with E-state index >= 15 is 0 Å². The summed E-state index contributed by atoms with van der Waals surface area (Å²) in [5.74, 6) is 0.919. The average Bonchev–Trinajstić information content (AvgIpc) is 3.08. The second-order valence-corrected chi connectivity index (χ2v) is 8.37. The summed E-state index contributed by atoms with van der Waals surface area (Å²) < 4.78 is 2.32. The molecule has 1 aromatic heterocycles. The third-order valence-electron chi connectivity index (χ3n) is 5.31. The fourth-order valence-corrected chi connectivity index (χ4v) is 4.88. The maximum Gasteiger partial charge on any atom is 0.237 e. The number of para-hydroxylation sites is 1. The maximum absolute atomic E-state index is 12.9. The molecule has 4 heteroatoms. The minimum atomic E-state index is -0.0668. The van der Waals surface area contributed by atoms with Crippen LogP contribution in [0, 0.1) is 0 Å². The van der Waals surface area contributed by atoms with Gasteiger partial charge in [0.1, 0.15) is 0 Å². The van der Waals surface area contributed by atoms with Crippen molar-refractivity contribution in [3.63, 3.8) is 0 Å². The Labute approximate surface area is 176 Å². The quantitative estimate of drug-likeness (QED) is 0.385. The Balaban J connectivity index is 1.55. The van der Waals surface area contributed by atoms with Gasteiger partial charge in [0.05, 0.1) is 5.25 Å². The van der Waals surface area contributed by atoms with Crippen LogP contribution >= 0.6 is 11.8 Å². The van der Waals surface area contributed by atoms with Gasteiger partial charge in [0.15, 0.2) is 0 Å². The van der Waals surface area contributed by atoms with Gasteiger partial charge in [-0.25, -0.2) is 0 Å². The first-order valence-electron chi connectivity index (χ1n) is 10.2. The molecule has 0 bridgehead atoms. The van der Waals surface area contributed by atoms with Crippen LogP contribution in [0.1, 0.15) is 25.8 Å². The lowest BCUT2D eigenvalue weighted by molar-refractivity contribution is -0.115. The zero-order valence-electron chi connectivity index (χ0n) is 16.9. The van der Waals surface area contributed by atoms with Crippen molar-refractivity contribution in [2.24, 2.45) is 0 Å². The van der Waals surface area contributed by atoms with Crippen LogP contribution in [0.5, 0.6) is 0 Å². The van der Waals surface area contributed by atoms with Crippen molar-refractivity contribution in [2.45, 2.75) is 37.8 Å². The van der Waals surface area contributed by atoms with E-state index in [0.29, 0.717) is 0 Å². The molecule has 3 nitrogen and oxygen atoms in total. The highest BCUT2D eigenvalue weighted by molar-refractivity contribution is 7.99. The molecule has 0 spiro atoms. The van der Waals surface area contributed by atoms with Crippen LogP contribution < -0.4 is 5.32 Å². The molecule has 0 aliphatic heterocycles. The van der Waals surface area contributed by atoms with E-state index in [-0.39, 0.29) is 11.2 Å². The predicted molar refractivity (Wildman–Crippen MR) is 126 cm³/mol. The Kier molecular flexibility index (Phi) is 5.91. The minimum absolute atomic E-state index is 0.0668. The number of aromatic nitrogens is 1. The van der Waals surface area contributed by atoms with Crippen molar-refractivity contribution in [3.8, 4) is 0 Å². The second kappa shape index (κ2) is 8.75. The summed E-state index contributed by atoms with van der Waals surface area (Å²) >= 11 is 1.70. The summed E-state index contributed by atoms with van der Waals surface area (Å²) in [6.07, 6.45) is 0.806. The molecular weight excluding hydrogens is 376 g/mol. The standard InChI is InChI=1S/C25H26N2OS/c1-3-24(29-17-18-10-6-5-7-11-18)25(28)26-19-14-15-23-21(16-19)20-12-8-9-13-22(20)27(23)4-2/h5-16,24H,3-4,17H2,1-2H3,(H,26,28). The molecule has 1 amide bonds. The molecule has 0 fully saturated rings. The van der Waals surface area contributed by atoms with Gasteiger partial charge in [-0.15, -0.1) is 11.8 Å². The smallest absolute Gasteiger partial charge is 0.237 e. The summed E-state index contributed by atoms with van der Waals surface area (Å²) in [6, 6.07) is 25.0. The first-order chi connectivity index (χ1) is 14.2. The van der Waals surface area contributed by atoms with E-state index < -0.39 is 0 Å². The van der Waals surface area contributed by atoms with Crippen molar-refractivity contribution in [1.82, 2.24) is 4.57 Å². The largest absolute Gasteiger partial charge is 0.341 e. The van der Waals surface area contributed by atoms with Crippen LogP contribution in [-0.2, 0) is 17.1 Å². The molecule has 0 saturated heterocycles. The highest BCUT2D eigenvalue weighted by Crippen LogP contribution is 2.31. The van der Waals surface area contributed by atoms with Gasteiger partial charge in [-0.05, 0) is 43.2 Å². The molecule has 1 heterocycles. The molecule has 148 valence electrons. The van der Waals surface area contributed by atoms with E-state index in [4.69, 9.17) is 0 Å². The van der Waals surface area contributed by atoms with Gasteiger partial charge in [0.25, 0.3) is 0 Å². The molecular formula is C25H26N2OS. The fraction of sp³-hybridized carbons (Fsp3) is 0.240. The summed E-state index contributed by atoms with van der Waals surface area (Å²) in [4.78, 5) is 12.9. The van der Waals surface area contributed by atoms with E-state index in [0.717, 1.165) is 24.4 Å². The number of fused-ring (bicyclic) bond motifs is 3. The van der Waals surface area contributed by atoms with Crippen LogP contribution in [0.25, 0.3) is 21.8 Å². The SMILES string of the molecule is CCC(SCc1ccccc1)C(=O)Nc1ccc2c(c1)c1ccccc1n2CC. The van der Waals surface area contributed by atoms with E-state index in [1.54, 1.807) is 11.8 Å². The lowest BCUT2D eigenvalue weighted by Gasteiger charge is -2.15. The van der Waals surface area contributed by atoms with Crippen LogP contribution in [0.15, 0.2) is 72.8 Å². The first kappa shape index (κ1) is 19.6. The van der Waals surface area contributed by atoms with Crippen LogP contribution in [0.4, 0.5) is 5.69 Å². The van der Waals surface area contributed by atoms with Crippen LogP contribution in [-0.4, -0.2) is 15.7 Å². The van der Waals surface area contributed by atoms with E-state index in [9.17, 15) is 4.79 Å².